The lowest BCUT2D eigenvalue weighted by molar-refractivity contribution is -0.119. The molecule has 0 bridgehead atoms. The van der Waals surface area contributed by atoms with E-state index >= 15 is 0 Å². The number of carbonyl (C=O) groups excluding carboxylic acids is 1. The molecular formula is C16H21N3O2S2. The van der Waals surface area contributed by atoms with Crippen molar-refractivity contribution in [1.29, 1.82) is 0 Å². The number of carbonyl (C=O) groups is 1. The van der Waals surface area contributed by atoms with E-state index in [0.29, 0.717) is 16.5 Å². The largest absolute Gasteiger partial charge is 0.353 e. The van der Waals surface area contributed by atoms with Crippen molar-refractivity contribution in [3.63, 3.8) is 0 Å². The number of nitrogens with zero attached hydrogens (tertiary/aromatic N) is 2. The fraction of sp³-hybridized carbons (Fsp3) is 0.562. The molecule has 1 aliphatic rings. The Morgan fingerprint density at radius 1 is 1.48 bits per heavy atom. The maximum Gasteiger partial charge on any atom is 0.262 e. The van der Waals surface area contributed by atoms with E-state index in [1.165, 1.54) is 35.9 Å². The molecule has 1 atom stereocenters. The highest BCUT2D eigenvalue weighted by Gasteiger charge is 2.28. The quantitative estimate of drug-likeness (QED) is 0.664. The standard InChI is InChI=1S/C16H21N3O2S2/c1-8-10(3)23-14-13(8)15(21)19(4)16(18-14)22-7-12(20)17-9(2)11-5-6-11/h9,11H,5-7H2,1-4H3,(H,17,20). The third-order valence-corrected chi connectivity index (χ3v) is 6.55. The SMILES string of the molecule is Cc1sc2nc(SCC(=O)NC(C)C3CC3)n(C)c(=O)c2c1C. The number of aromatic nitrogens is 2. The molecule has 2 aromatic rings. The number of thioether (sulfide) groups is 1. The van der Waals surface area contributed by atoms with Gasteiger partial charge in [0, 0.05) is 18.0 Å². The average molecular weight is 351 g/mol. The minimum atomic E-state index is -0.0360. The summed E-state index contributed by atoms with van der Waals surface area (Å²) in [6, 6.07) is 0.241. The van der Waals surface area contributed by atoms with Gasteiger partial charge in [0.05, 0.1) is 11.1 Å². The van der Waals surface area contributed by atoms with Crippen molar-refractivity contribution in [2.75, 3.05) is 5.75 Å². The lowest BCUT2D eigenvalue weighted by atomic mass is 10.2. The Bertz CT molecular complexity index is 821. The summed E-state index contributed by atoms with van der Waals surface area (Å²) in [6.07, 6.45) is 2.41. The zero-order valence-electron chi connectivity index (χ0n) is 13.8. The molecule has 1 amide bonds. The zero-order valence-corrected chi connectivity index (χ0v) is 15.4. The fourth-order valence-electron chi connectivity index (χ4n) is 2.62. The maximum atomic E-state index is 12.5. The Hall–Kier alpha value is -1.34. The van der Waals surface area contributed by atoms with E-state index in [9.17, 15) is 9.59 Å². The van der Waals surface area contributed by atoms with Crippen molar-refractivity contribution in [3.05, 3.63) is 20.8 Å². The van der Waals surface area contributed by atoms with Crippen LogP contribution in [0.25, 0.3) is 10.2 Å². The first kappa shape index (κ1) is 16.5. The van der Waals surface area contributed by atoms with Crippen molar-refractivity contribution < 1.29 is 4.79 Å². The number of nitrogens with one attached hydrogen (secondary N) is 1. The Morgan fingerprint density at radius 3 is 2.83 bits per heavy atom. The van der Waals surface area contributed by atoms with E-state index in [4.69, 9.17) is 0 Å². The number of fused-ring (bicyclic) bond motifs is 1. The molecule has 0 aromatic carbocycles. The van der Waals surface area contributed by atoms with Crippen LogP contribution in [-0.4, -0.2) is 27.3 Å². The molecule has 1 saturated carbocycles. The molecule has 1 N–H and O–H groups in total. The number of rotatable bonds is 5. The van der Waals surface area contributed by atoms with Crippen LogP contribution in [0.5, 0.6) is 0 Å². The monoisotopic (exact) mass is 351 g/mol. The fourth-order valence-corrected chi connectivity index (χ4v) is 4.48. The highest BCUT2D eigenvalue weighted by Crippen LogP contribution is 2.32. The third-order valence-electron chi connectivity index (χ3n) is 4.42. The number of amides is 1. The van der Waals surface area contributed by atoms with E-state index in [0.717, 1.165) is 15.3 Å². The summed E-state index contributed by atoms with van der Waals surface area (Å²) in [5, 5.41) is 4.32. The molecule has 7 heteroatoms. The van der Waals surface area contributed by atoms with Crippen LogP contribution in [0.1, 0.15) is 30.2 Å². The normalized spacial score (nSPS) is 15.8. The molecular weight excluding hydrogens is 330 g/mol. The van der Waals surface area contributed by atoms with E-state index in [-0.39, 0.29) is 23.3 Å². The molecule has 1 unspecified atom stereocenters. The van der Waals surface area contributed by atoms with Gasteiger partial charge in [-0.15, -0.1) is 11.3 Å². The van der Waals surface area contributed by atoms with Crippen LogP contribution in [0.2, 0.25) is 0 Å². The lowest BCUT2D eigenvalue weighted by Gasteiger charge is -2.12. The van der Waals surface area contributed by atoms with Gasteiger partial charge < -0.3 is 5.32 Å². The van der Waals surface area contributed by atoms with Crippen LogP contribution in [0.4, 0.5) is 0 Å². The summed E-state index contributed by atoms with van der Waals surface area (Å²) in [5.41, 5.74) is 0.969. The van der Waals surface area contributed by atoms with Gasteiger partial charge >= 0.3 is 0 Å². The molecule has 0 radical (unpaired) electrons. The Morgan fingerprint density at radius 2 is 2.17 bits per heavy atom. The summed E-state index contributed by atoms with van der Waals surface area (Å²) in [7, 11) is 1.72. The predicted octanol–water partition coefficient (Wildman–Crippen LogP) is 2.62. The first-order chi connectivity index (χ1) is 10.9. The molecule has 5 nitrogen and oxygen atoms in total. The molecule has 23 heavy (non-hydrogen) atoms. The topological polar surface area (TPSA) is 64.0 Å². The van der Waals surface area contributed by atoms with Gasteiger partial charge in [-0.05, 0) is 45.1 Å². The van der Waals surface area contributed by atoms with Crippen LogP contribution in [0.15, 0.2) is 9.95 Å². The van der Waals surface area contributed by atoms with Gasteiger partial charge in [-0.1, -0.05) is 11.8 Å². The van der Waals surface area contributed by atoms with Gasteiger partial charge in [0.15, 0.2) is 5.16 Å². The lowest BCUT2D eigenvalue weighted by Crippen LogP contribution is -2.35. The molecule has 2 aromatic heterocycles. The van der Waals surface area contributed by atoms with E-state index in [1.54, 1.807) is 11.6 Å². The summed E-state index contributed by atoms with van der Waals surface area (Å²) >= 11 is 2.85. The Labute approximate surface area is 143 Å². The molecule has 124 valence electrons. The summed E-state index contributed by atoms with van der Waals surface area (Å²) in [6.45, 7) is 6.01. The van der Waals surface area contributed by atoms with Crippen molar-refractivity contribution in [1.82, 2.24) is 14.9 Å². The molecule has 1 aliphatic carbocycles. The van der Waals surface area contributed by atoms with Crippen LogP contribution < -0.4 is 10.9 Å². The van der Waals surface area contributed by atoms with Crippen molar-refractivity contribution in [2.45, 2.75) is 44.8 Å². The van der Waals surface area contributed by atoms with Crippen molar-refractivity contribution in [3.8, 4) is 0 Å². The van der Waals surface area contributed by atoms with Crippen LogP contribution in [-0.2, 0) is 11.8 Å². The Kier molecular flexibility index (Phi) is 4.51. The van der Waals surface area contributed by atoms with Gasteiger partial charge in [-0.3, -0.25) is 14.2 Å². The number of aryl methyl sites for hydroxylation is 2. The first-order valence-corrected chi connectivity index (χ1v) is 9.57. The van der Waals surface area contributed by atoms with E-state index in [1.807, 2.05) is 13.8 Å². The molecule has 0 spiro atoms. The van der Waals surface area contributed by atoms with Gasteiger partial charge in [-0.25, -0.2) is 4.98 Å². The molecule has 3 rings (SSSR count). The summed E-state index contributed by atoms with van der Waals surface area (Å²) < 4.78 is 1.55. The third kappa shape index (κ3) is 3.30. The van der Waals surface area contributed by atoms with E-state index < -0.39 is 0 Å². The van der Waals surface area contributed by atoms with Gasteiger partial charge in [0.2, 0.25) is 5.91 Å². The minimum absolute atomic E-state index is 0.00212. The predicted molar refractivity (Wildman–Crippen MR) is 95.4 cm³/mol. The van der Waals surface area contributed by atoms with E-state index in [2.05, 4.69) is 17.2 Å². The maximum absolute atomic E-state index is 12.5. The van der Waals surface area contributed by atoms with Gasteiger partial charge in [0.1, 0.15) is 4.83 Å². The van der Waals surface area contributed by atoms with Crippen molar-refractivity contribution >= 4 is 39.2 Å². The number of thiophene rings is 1. The highest BCUT2D eigenvalue weighted by molar-refractivity contribution is 7.99. The highest BCUT2D eigenvalue weighted by atomic mass is 32.2. The molecule has 2 heterocycles. The first-order valence-electron chi connectivity index (χ1n) is 7.77. The molecule has 1 fully saturated rings. The van der Waals surface area contributed by atoms with Crippen molar-refractivity contribution in [2.24, 2.45) is 13.0 Å². The second-order valence-electron chi connectivity index (χ2n) is 6.20. The van der Waals surface area contributed by atoms with Gasteiger partial charge in [-0.2, -0.15) is 0 Å². The second-order valence-corrected chi connectivity index (χ2v) is 8.35. The minimum Gasteiger partial charge on any atom is -0.353 e. The van der Waals surface area contributed by atoms with Gasteiger partial charge in [0.25, 0.3) is 5.56 Å². The molecule has 0 saturated heterocycles. The molecule has 0 aliphatic heterocycles. The van der Waals surface area contributed by atoms with Crippen LogP contribution in [0.3, 0.4) is 0 Å². The Balaban J connectivity index is 1.76. The zero-order chi connectivity index (χ0) is 16.7. The van der Waals surface area contributed by atoms with Crippen LogP contribution >= 0.6 is 23.1 Å². The van der Waals surface area contributed by atoms with Crippen LogP contribution in [0, 0.1) is 19.8 Å². The summed E-state index contributed by atoms with van der Waals surface area (Å²) in [5.74, 6) is 0.925. The number of hydrogen-bond acceptors (Lipinski definition) is 5. The second kappa shape index (κ2) is 6.28. The number of hydrogen-bond donors (Lipinski definition) is 1. The summed E-state index contributed by atoms with van der Waals surface area (Å²) in [4.78, 5) is 31.0. The smallest absolute Gasteiger partial charge is 0.262 e. The average Bonchev–Trinajstić information content (AvgIpc) is 3.30.